The maximum absolute atomic E-state index is 12.1. The Labute approximate surface area is 148 Å². The van der Waals surface area contributed by atoms with Gasteiger partial charge in [0.2, 0.25) is 0 Å². The van der Waals surface area contributed by atoms with E-state index in [1.165, 1.54) is 13.3 Å². The van der Waals surface area contributed by atoms with Crippen LogP contribution in [0.3, 0.4) is 0 Å². The van der Waals surface area contributed by atoms with Gasteiger partial charge in [-0.05, 0) is 42.0 Å². The second-order valence-corrected chi connectivity index (χ2v) is 5.66. The van der Waals surface area contributed by atoms with E-state index in [1.807, 2.05) is 0 Å². The Morgan fingerprint density at radius 3 is 2.64 bits per heavy atom. The molecule has 0 unspecified atom stereocenters. The largest absolute Gasteiger partial charge is 0.465 e. The van der Waals surface area contributed by atoms with Crippen LogP contribution in [-0.4, -0.2) is 30.2 Å². The summed E-state index contributed by atoms with van der Waals surface area (Å²) in [7, 11) is 1.32. The van der Waals surface area contributed by atoms with Gasteiger partial charge in [-0.2, -0.15) is 5.10 Å². The number of ether oxygens (including phenoxy) is 1. The number of carbonyl (C=O) groups is 2. The van der Waals surface area contributed by atoms with Gasteiger partial charge in [0.1, 0.15) is 5.69 Å². The number of carbonyl (C=O) groups excluding carboxylic acids is 2. The molecule has 0 saturated heterocycles. The summed E-state index contributed by atoms with van der Waals surface area (Å²) in [6.07, 6.45) is 1.48. The van der Waals surface area contributed by atoms with Crippen molar-refractivity contribution in [3.63, 3.8) is 0 Å². The van der Waals surface area contributed by atoms with Crippen LogP contribution in [0.5, 0.6) is 0 Å². The van der Waals surface area contributed by atoms with Gasteiger partial charge in [-0.3, -0.25) is 4.79 Å². The number of aromatic nitrogens is 1. The van der Waals surface area contributed by atoms with Gasteiger partial charge in [-0.15, -0.1) is 0 Å². The number of aromatic amines is 1. The number of benzene rings is 2. The minimum absolute atomic E-state index is 0.366. The van der Waals surface area contributed by atoms with Gasteiger partial charge in [0.05, 0.1) is 18.9 Å². The Morgan fingerprint density at radius 1 is 1.16 bits per heavy atom. The molecule has 1 amide bonds. The summed E-state index contributed by atoms with van der Waals surface area (Å²) < 4.78 is 4.63. The first-order chi connectivity index (χ1) is 12.1. The SMILES string of the molecule is COC(=O)c1ccc(/C=N/NC(=O)c2cc3cc(Cl)ccc3[nH]2)cc1. The normalized spacial score (nSPS) is 11.0. The summed E-state index contributed by atoms with van der Waals surface area (Å²) in [6.45, 7) is 0. The van der Waals surface area contributed by atoms with Crippen molar-refractivity contribution in [1.82, 2.24) is 10.4 Å². The third kappa shape index (κ3) is 3.87. The molecule has 1 aromatic heterocycles. The van der Waals surface area contributed by atoms with Crippen molar-refractivity contribution >= 4 is 40.6 Å². The molecule has 0 atom stereocenters. The molecule has 0 saturated carbocycles. The van der Waals surface area contributed by atoms with Gasteiger partial charge in [0.25, 0.3) is 5.91 Å². The van der Waals surface area contributed by atoms with Crippen LogP contribution >= 0.6 is 11.6 Å². The molecule has 0 aliphatic carbocycles. The summed E-state index contributed by atoms with van der Waals surface area (Å²) in [6, 6.07) is 13.7. The molecule has 3 aromatic rings. The van der Waals surface area contributed by atoms with Crippen LogP contribution in [0, 0.1) is 0 Å². The van der Waals surface area contributed by atoms with Crippen molar-refractivity contribution < 1.29 is 14.3 Å². The molecule has 1 heterocycles. The fraction of sp³-hybridized carbons (Fsp3) is 0.0556. The van der Waals surface area contributed by atoms with Crippen LogP contribution in [0.15, 0.2) is 53.6 Å². The Kier molecular flexibility index (Phi) is 4.81. The zero-order valence-electron chi connectivity index (χ0n) is 13.2. The zero-order valence-corrected chi connectivity index (χ0v) is 14.0. The maximum atomic E-state index is 12.1. The summed E-state index contributed by atoms with van der Waals surface area (Å²) in [5.74, 6) is -0.773. The van der Waals surface area contributed by atoms with Crippen molar-refractivity contribution in [3.8, 4) is 0 Å². The van der Waals surface area contributed by atoms with E-state index in [1.54, 1.807) is 48.5 Å². The van der Waals surface area contributed by atoms with E-state index >= 15 is 0 Å². The highest BCUT2D eigenvalue weighted by Crippen LogP contribution is 2.20. The number of hydrazone groups is 1. The van der Waals surface area contributed by atoms with Crippen molar-refractivity contribution in [1.29, 1.82) is 0 Å². The minimum atomic E-state index is -0.407. The zero-order chi connectivity index (χ0) is 17.8. The number of nitrogens with one attached hydrogen (secondary N) is 2. The Hall–Kier alpha value is -3.12. The Balaban J connectivity index is 1.66. The molecular weight excluding hydrogens is 342 g/mol. The van der Waals surface area contributed by atoms with Gasteiger partial charge in [-0.25, -0.2) is 10.2 Å². The number of nitrogens with zero attached hydrogens (tertiary/aromatic N) is 1. The van der Waals surface area contributed by atoms with E-state index in [2.05, 4.69) is 20.2 Å². The number of hydrogen-bond donors (Lipinski definition) is 2. The van der Waals surface area contributed by atoms with E-state index < -0.39 is 5.97 Å². The first-order valence-corrected chi connectivity index (χ1v) is 7.74. The average molecular weight is 356 g/mol. The highest BCUT2D eigenvalue weighted by molar-refractivity contribution is 6.31. The molecule has 2 aromatic carbocycles. The summed E-state index contributed by atoms with van der Waals surface area (Å²) in [5.41, 5.74) is 4.83. The molecule has 0 bridgehead atoms. The fourth-order valence-corrected chi connectivity index (χ4v) is 2.46. The van der Waals surface area contributed by atoms with Crippen LogP contribution in [0.2, 0.25) is 5.02 Å². The molecule has 25 heavy (non-hydrogen) atoms. The van der Waals surface area contributed by atoms with Gasteiger partial charge in [0.15, 0.2) is 0 Å². The van der Waals surface area contributed by atoms with Crippen molar-refractivity contribution in [2.45, 2.75) is 0 Å². The molecule has 0 spiro atoms. The van der Waals surface area contributed by atoms with E-state index in [0.717, 1.165) is 16.5 Å². The van der Waals surface area contributed by atoms with E-state index in [0.29, 0.717) is 16.3 Å². The molecular formula is C18H14ClN3O3. The monoisotopic (exact) mass is 355 g/mol. The van der Waals surface area contributed by atoms with Gasteiger partial charge in [-0.1, -0.05) is 23.7 Å². The average Bonchev–Trinajstić information content (AvgIpc) is 3.04. The molecule has 0 aliphatic rings. The lowest BCUT2D eigenvalue weighted by atomic mass is 10.1. The van der Waals surface area contributed by atoms with Crippen LogP contribution < -0.4 is 5.43 Å². The predicted molar refractivity (Wildman–Crippen MR) is 96.2 cm³/mol. The number of halogens is 1. The highest BCUT2D eigenvalue weighted by Gasteiger charge is 2.09. The molecule has 6 nitrogen and oxygen atoms in total. The molecule has 0 fully saturated rings. The van der Waals surface area contributed by atoms with E-state index in [-0.39, 0.29) is 5.91 Å². The summed E-state index contributed by atoms with van der Waals surface area (Å²) in [5, 5.41) is 5.36. The lowest BCUT2D eigenvalue weighted by Gasteiger charge is -1.99. The third-order valence-electron chi connectivity index (χ3n) is 3.54. The van der Waals surface area contributed by atoms with E-state index in [4.69, 9.17) is 11.6 Å². The standard InChI is InChI=1S/C18H14ClN3O3/c1-25-18(24)12-4-2-11(3-5-12)10-20-22-17(23)16-9-13-8-14(19)6-7-15(13)21-16/h2-10,21H,1H3,(H,22,23)/b20-10+. The first kappa shape index (κ1) is 16.7. The molecule has 3 rings (SSSR count). The molecule has 0 aliphatic heterocycles. The third-order valence-corrected chi connectivity index (χ3v) is 3.77. The van der Waals surface area contributed by atoms with Crippen LogP contribution in [0.25, 0.3) is 10.9 Å². The smallest absolute Gasteiger partial charge is 0.337 e. The number of esters is 1. The molecule has 126 valence electrons. The second kappa shape index (κ2) is 7.19. The lowest BCUT2D eigenvalue weighted by molar-refractivity contribution is 0.0600. The number of hydrogen-bond acceptors (Lipinski definition) is 4. The van der Waals surface area contributed by atoms with E-state index in [9.17, 15) is 9.59 Å². The highest BCUT2D eigenvalue weighted by atomic mass is 35.5. The predicted octanol–water partition coefficient (Wildman–Crippen LogP) is 3.37. The van der Waals surface area contributed by atoms with Gasteiger partial charge in [0, 0.05) is 15.9 Å². The maximum Gasteiger partial charge on any atom is 0.337 e. The quantitative estimate of drug-likeness (QED) is 0.427. The minimum Gasteiger partial charge on any atom is -0.465 e. The van der Waals surface area contributed by atoms with Crippen molar-refractivity contribution in [3.05, 3.63) is 70.4 Å². The second-order valence-electron chi connectivity index (χ2n) is 5.23. The van der Waals surface area contributed by atoms with Crippen molar-refractivity contribution in [2.24, 2.45) is 5.10 Å². The van der Waals surface area contributed by atoms with Gasteiger partial charge >= 0.3 is 5.97 Å². The summed E-state index contributed by atoms with van der Waals surface area (Å²) >= 11 is 5.93. The number of rotatable bonds is 4. The number of H-pyrrole nitrogens is 1. The molecule has 2 N–H and O–H groups in total. The van der Waals surface area contributed by atoms with Crippen LogP contribution in [0.4, 0.5) is 0 Å². The Bertz CT molecular complexity index is 961. The van der Waals surface area contributed by atoms with Crippen molar-refractivity contribution in [2.75, 3.05) is 7.11 Å². The number of methoxy groups -OCH3 is 1. The fourth-order valence-electron chi connectivity index (χ4n) is 2.27. The van der Waals surface area contributed by atoms with Crippen LogP contribution in [-0.2, 0) is 4.74 Å². The Morgan fingerprint density at radius 2 is 1.92 bits per heavy atom. The number of fused-ring (bicyclic) bond motifs is 1. The summed E-state index contributed by atoms with van der Waals surface area (Å²) in [4.78, 5) is 26.5. The topological polar surface area (TPSA) is 83.5 Å². The number of amides is 1. The van der Waals surface area contributed by atoms with Crippen LogP contribution in [0.1, 0.15) is 26.4 Å². The van der Waals surface area contributed by atoms with Gasteiger partial charge < -0.3 is 9.72 Å². The molecule has 7 heteroatoms. The lowest BCUT2D eigenvalue weighted by Crippen LogP contribution is -2.17. The molecule has 0 radical (unpaired) electrons. The first-order valence-electron chi connectivity index (χ1n) is 7.37.